The van der Waals surface area contributed by atoms with Crippen LogP contribution in [0.15, 0.2) is 0 Å². The molecular weight excluding hydrogens is 162 g/mol. The number of likely N-dealkylation sites (tertiary alicyclic amines) is 1. The number of amides is 2. The monoisotopic (exact) mass is 170 g/mol. The summed E-state index contributed by atoms with van der Waals surface area (Å²) in [6, 6.07) is -1.15. The second-order valence-electron chi connectivity index (χ2n) is 2.65. The number of hydrogen-bond acceptors (Lipinski definition) is 4. The lowest BCUT2D eigenvalue weighted by Gasteiger charge is -2.22. The second-order valence-corrected chi connectivity index (χ2v) is 2.65. The van der Waals surface area contributed by atoms with E-state index in [0.717, 1.165) is 4.90 Å². The number of aliphatic carboxylic acids is 1. The van der Waals surface area contributed by atoms with Gasteiger partial charge in [-0.05, 0) is 6.92 Å². The van der Waals surface area contributed by atoms with Crippen molar-refractivity contribution < 1.29 is 19.5 Å². The normalized spacial score (nSPS) is 19.9. The molecule has 0 aliphatic carbocycles. The smallest absolute Gasteiger partial charge is 0.230 e. The van der Waals surface area contributed by atoms with Crippen molar-refractivity contribution >= 4 is 17.8 Å². The van der Waals surface area contributed by atoms with Crippen LogP contribution in [0.25, 0.3) is 0 Å². The minimum Gasteiger partial charge on any atom is -0.548 e. The molecule has 1 aliphatic heterocycles. The zero-order valence-electron chi connectivity index (χ0n) is 6.57. The maximum absolute atomic E-state index is 10.9. The first-order valence-corrected chi connectivity index (χ1v) is 3.60. The topological polar surface area (TPSA) is 77.5 Å². The van der Waals surface area contributed by atoms with Crippen molar-refractivity contribution in [2.45, 2.75) is 25.8 Å². The average Bonchev–Trinajstić information content (AvgIpc) is 2.30. The first-order valence-electron chi connectivity index (χ1n) is 3.60. The van der Waals surface area contributed by atoms with Crippen LogP contribution in [-0.2, 0) is 14.4 Å². The highest BCUT2D eigenvalue weighted by atomic mass is 16.4. The van der Waals surface area contributed by atoms with Crippen LogP contribution in [-0.4, -0.2) is 28.7 Å². The van der Waals surface area contributed by atoms with Crippen LogP contribution >= 0.6 is 0 Å². The van der Waals surface area contributed by atoms with E-state index in [1.54, 1.807) is 0 Å². The molecule has 0 spiro atoms. The third kappa shape index (κ3) is 1.30. The first-order chi connectivity index (χ1) is 5.54. The molecule has 1 atom stereocenters. The van der Waals surface area contributed by atoms with Gasteiger partial charge in [0.05, 0.1) is 12.0 Å². The summed E-state index contributed by atoms with van der Waals surface area (Å²) in [7, 11) is 0. The third-order valence-corrected chi connectivity index (χ3v) is 1.82. The predicted octanol–water partition coefficient (Wildman–Crippen LogP) is -1.73. The van der Waals surface area contributed by atoms with Crippen LogP contribution in [0.2, 0.25) is 0 Å². The lowest BCUT2D eigenvalue weighted by atomic mass is 10.3. The van der Waals surface area contributed by atoms with E-state index < -0.39 is 23.8 Å². The van der Waals surface area contributed by atoms with Crippen LogP contribution in [0.1, 0.15) is 19.8 Å². The highest BCUT2D eigenvalue weighted by Gasteiger charge is 2.33. The Balaban J connectivity index is 2.79. The van der Waals surface area contributed by atoms with Gasteiger partial charge in [-0.25, -0.2) is 0 Å². The van der Waals surface area contributed by atoms with Gasteiger partial charge in [0.15, 0.2) is 0 Å². The van der Waals surface area contributed by atoms with E-state index in [1.807, 2.05) is 0 Å². The molecule has 66 valence electrons. The Kier molecular flexibility index (Phi) is 2.12. The average molecular weight is 170 g/mol. The highest BCUT2D eigenvalue weighted by Crippen LogP contribution is 2.14. The Morgan fingerprint density at radius 1 is 1.42 bits per heavy atom. The Morgan fingerprint density at radius 3 is 2.17 bits per heavy atom. The van der Waals surface area contributed by atoms with Crippen molar-refractivity contribution in [2.75, 3.05) is 0 Å². The SMILES string of the molecule is C[C@@H](C(=O)[O-])N1C(=O)CCC1=O. The standard InChI is InChI=1S/C7H9NO4/c1-4(7(11)12)8-5(9)2-3-6(8)10/h4H,2-3H2,1H3,(H,11,12)/p-1/t4-/m0/s1. The van der Waals surface area contributed by atoms with Gasteiger partial charge in [0.25, 0.3) is 0 Å². The van der Waals surface area contributed by atoms with Crippen molar-refractivity contribution in [3.05, 3.63) is 0 Å². The van der Waals surface area contributed by atoms with E-state index in [2.05, 4.69) is 0 Å². The summed E-state index contributed by atoms with van der Waals surface area (Å²) in [5.41, 5.74) is 0. The van der Waals surface area contributed by atoms with Crippen LogP contribution in [0.4, 0.5) is 0 Å². The minimum absolute atomic E-state index is 0.108. The Bertz CT molecular complexity index is 232. The third-order valence-electron chi connectivity index (χ3n) is 1.82. The maximum atomic E-state index is 10.9. The summed E-state index contributed by atoms with van der Waals surface area (Å²) in [6.07, 6.45) is 0.215. The number of hydrogen-bond donors (Lipinski definition) is 0. The summed E-state index contributed by atoms with van der Waals surface area (Å²) in [4.78, 5) is 33.0. The predicted molar refractivity (Wildman–Crippen MR) is 35.6 cm³/mol. The molecule has 0 N–H and O–H groups in total. The number of carboxylic acid groups (broad SMARTS) is 1. The molecule has 0 aromatic rings. The molecule has 2 amide bonds. The Hall–Kier alpha value is -1.39. The Morgan fingerprint density at radius 2 is 1.83 bits per heavy atom. The van der Waals surface area contributed by atoms with Crippen molar-refractivity contribution in [3.63, 3.8) is 0 Å². The molecule has 5 nitrogen and oxygen atoms in total. The van der Waals surface area contributed by atoms with Gasteiger partial charge in [0.1, 0.15) is 0 Å². The van der Waals surface area contributed by atoms with E-state index in [4.69, 9.17) is 0 Å². The molecule has 0 aromatic carbocycles. The molecule has 1 heterocycles. The fourth-order valence-corrected chi connectivity index (χ4v) is 1.13. The van der Waals surface area contributed by atoms with Gasteiger partial charge in [-0.1, -0.05) is 0 Å². The van der Waals surface area contributed by atoms with E-state index >= 15 is 0 Å². The largest absolute Gasteiger partial charge is 0.548 e. The molecule has 12 heavy (non-hydrogen) atoms. The second kappa shape index (κ2) is 2.92. The lowest BCUT2D eigenvalue weighted by Crippen LogP contribution is -2.48. The lowest BCUT2D eigenvalue weighted by molar-refractivity contribution is -0.310. The molecule has 0 radical (unpaired) electrons. The first kappa shape index (κ1) is 8.70. The molecule has 5 heteroatoms. The number of nitrogens with zero attached hydrogens (tertiary/aromatic N) is 1. The van der Waals surface area contributed by atoms with Crippen molar-refractivity contribution in [1.29, 1.82) is 0 Å². The van der Waals surface area contributed by atoms with Crippen LogP contribution < -0.4 is 5.11 Å². The van der Waals surface area contributed by atoms with Crippen LogP contribution in [0.3, 0.4) is 0 Å². The van der Waals surface area contributed by atoms with Gasteiger partial charge < -0.3 is 9.90 Å². The van der Waals surface area contributed by atoms with Gasteiger partial charge in [0.2, 0.25) is 11.8 Å². The maximum Gasteiger partial charge on any atom is 0.230 e. The van der Waals surface area contributed by atoms with Gasteiger partial charge in [-0.2, -0.15) is 0 Å². The fourth-order valence-electron chi connectivity index (χ4n) is 1.13. The van der Waals surface area contributed by atoms with Crippen LogP contribution in [0, 0.1) is 0 Å². The van der Waals surface area contributed by atoms with Crippen molar-refractivity contribution in [2.24, 2.45) is 0 Å². The van der Waals surface area contributed by atoms with Gasteiger partial charge in [0, 0.05) is 12.8 Å². The summed E-state index contributed by atoms with van der Waals surface area (Å²) in [5, 5.41) is 10.3. The quantitative estimate of drug-likeness (QED) is 0.461. The van der Waals surface area contributed by atoms with Gasteiger partial charge >= 0.3 is 0 Å². The van der Waals surface area contributed by atoms with Crippen LogP contribution in [0.5, 0.6) is 0 Å². The van der Waals surface area contributed by atoms with Gasteiger partial charge in [-0.15, -0.1) is 0 Å². The molecule has 1 aliphatic rings. The molecule has 0 aromatic heterocycles. The molecule has 0 saturated carbocycles. The summed E-state index contributed by atoms with van der Waals surface area (Å²) in [6.45, 7) is 1.26. The molecule has 1 rings (SSSR count). The molecule has 0 bridgehead atoms. The highest BCUT2D eigenvalue weighted by molar-refractivity contribution is 6.04. The van der Waals surface area contributed by atoms with E-state index in [-0.39, 0.29) is 12.8 Å². The minimum atomic E-state index is -1.40. The van der Waals surface area contributed by atoms with Gasteiger partial charge in [-0.3, -0.25) is 14.5 Å². The fraction of sp³-hybridized carbons (Fsp3) is 0.571. The summed E-state index contributed by atoms with van der Waals surface area (Å²) < 4.78 is 0. The zero-order valence-corrected chi connectivity index (χ0v) is 6.57. The van der Waals surface area contributed by atoms with Crippen molar-refractivity contribution in [3.8, 4) is 0 Å². The molecular formula is C7H8NO4-. The number of rotatable bonds is 2. The van der Waals surface area contributed by atoms with E-state index in [1.165, 1.54) is 6.92 Å². The number of carbonyl (C=O) groups is 3. The van der Waals surface area contributed by atoms with E-state index in [9.17, 15) is 19.5 Å². The Labute approximate surface area is 69.0 Å². The number of imide groups is 1. The zero-order chi connectivity index (χ0) is 9.30. The molecule has 1 fully saturated rings. The van der Waals surface area contributed by atoms with E-state index in [0.29, 0.717) is 0 Å². The number of carboxylic acids is 1. The molecule has 0 unspecified atom stereocenters. The molecule has 1 saturated heterocycles. The summed E-state index contributed by atoms with van der Waals surface area (Å²) in [5.74, 6) is -2.27. The summed E-state index contributed by atoms with van der Waals surface area (Å²) >= 11 is 0. The van der Waals surface area contributed by atoms with Crippen molar-refractivity contribution in [1.82, 2.24) is 4.90 Å². The number of carbonyl (C=O) groups excluding carboxylic acids is 3.